The predicted octanol–water partition coefficient (Wildman–Crippen LogP) is 0.688. The van der Waals surface area contributed by atoms with E-state index in [2.05, 4.69) is 10.3 Å². The number of rotatable bonds is 5. The van der Waals surface area contributed by atoms with Crippen LogP contribution in [0, 0.1) is 5.82 Å². The van der Waals surface area contributed by atoms with Crippen LogP contribution in [0.25, 0.3) is 0 Å². The maximum absolute atomic E-state index is 13.2. The molecular weight excluding hydrogens is 287 g/mol. The van der Waals surface area contributed by atoms with Gasteiger partial charge in [-0.2, -0.15) is 0 Å². The van der Waals surface area contributed by atoms with Gasteiger partial charge < -0.3 is 16.8 Å². The first-order chi connectivity index (χ1) is 10.5. The third-order valence-corrected chi connectivity index (χ3v) is 3.04. The fourth-order valence-electron chi connectivity index (χ4n) is 1.96. The highest BCUT2D eigenvalue weighted by atomic mass is 19.1. The standard InChI is InChI=1S/C15H15FN4O2/c16-11-3-1-2-10(6-11)13(14(18)21)15(22)20-8-9-4-5-12(17)19-7-9/h1-7,13H,8H2,(H2,17,19)(H2,18,21)(H,20,22)/t13-/m0/s1. The van der Waals surface area contributed by atoms with Crippen molar-refractivity contribution in [2.24, 2.45) is 5.73 Å². The van der Waals surface area contributed by atoms with Crippen molar-refractivity contribution >= 4 is 17.6 Å². The quantitative estimate of drug-likeness (QED) is 0.705. The molecule has 0 fully saturated rings. The number of hydrogen-bond donors (Lipinski definition) is 3. The van der Waals surface area contributed by atoms with E-state index < -0.39 is 23.5 Å². The summed E-state index contributed by atoms with van der Waals surface area (Å²) in [6.45, 7) is 0.158. The SMILES string of the molecule is NC(=O)[C@@H](C(=O)NCc1ccc(N)nc1)c1cccc(F)c1. The van der Waals surface area contributed by atoms with Crippen LogP contribution in [0.4, 0.5) is 10.2 Å². The maximum Gasteiger partial charge on any atom is 0.237 e. The lowest BCUT2D eigenvalue weighted by Gasteiger charge is -2.14. The van der Waals surface area contributed by atoms with E-state index >= 15 is 0 Å². The number of hydrogen-bond acceptors (Lipinski definition) is 4. The maximum atomic E-state index is 13.2. The molecule has 0 spiro atoms. The molecule has 0 aliphatic heterocycles. The molecule has 0 unspecified atom stereocenters. The van der Waals surface area contributed by atoms with E-state index in [1.807, 2.05) is 0 Å². The minimum atomic E-state index is -1.25. The van der Waals surface area contributed by atoms with Crippen LogP contribution in [0.2, 0.25) is 0 Å². The van der Waals surface area contributed by atoms with E-state index in [0.717, 1.165) is 6.07 Å². The Morgan fingerprint density at radius 3 is 2.64 bits per heavy atom. The molecule has 2 aromatic rings. The van der Waals surface area contributed by atoms with Crippen molar-refractivity contribution in [3.05, 3.63) is 59.5 Å². The van der Waals surface area contributed by atoms with Gasteiger partial charge in [0.1, 0.15) is 17.6 Å². The van der Waals surface area contributed by atoms with Gasteiger partial charge in [-0.3, -0.25) is 9.59 Å². The number of amides is 2. The molecular formula is C15H15FN4O2. The van der Waals surface area contributed by atoms with Crippen LogP contribution in [-0.4, -0.2) is 16.8 Å². The monoisotopic (exact) mass is 302 g/mol. The van der Waals surface area contributed by atoms with Gasteiger partial charge in [-0.25, -0.2) is 9.37 Å². The topological polar surface area (TPSA) is 111 Å². The molecule has 114 valence electrons. The van der Waals surface area contributed by atoms with Gasteiger partial charge in [0.15, 0.2) is 0 Å². The highest BCUT2D eigenvalue weighted by Crippen LogP contribution is 2.17. The third kappa shape index (κ3) is 3.78. The first-order valence-electron chi connectivity index (χ1n) is 6.50. The fourth-order valence-corrected chi connectivity index (χ4v) is 1.96. The van der Waals surface area contributed by atoms with E-state index in [-0.39, 0.29) is 12.1 Å². The van der Waals surface area contributed by atoms with Gasteiger partial charge in [0.05, 0.1) is 0 Å². The van der Waals surface area contributed by atoms with Crippen molar-refractivity contribution in [1.29, 1.82) is 0 Å². The summed E-state index contributed by atoms with van der Waals surface area (Å²) in [4.78, 5) is 27.6. The van der Waals surface area contributed by atoms with E-state index in [9.17, 15) is 14.0 Å². The van der Waals surface area contributed by atoms with Gasteiger partial charge in [0.2, 0.25) is 11.8 Å². The number of nitrogens with one attached hydrogen (secondary N) is 1. The molecule has 1 atom stereocenters. The zero-order valence-electron chi connectivity index (χ0n) is 11.6. The zero-order valence-corrected chi connectivity index (χ0v) is 11.6. The van der Waals surface area contributed by atoms with Crippen molar-refractivity contribution in [3.63, 3.8) is 0 Å². The van der Waals surface area contributed by atoms with Gasteiger partial charge in [0, 0.05) is 12.7 Å². The lowest BCUT2D eigenvalue weighted by Crippen LogP contribution is -2.36. The summed E-state index contributed by atoms with van der Waals surface area (Å²) < 4.78 is 13.2. The van der Waals surface area contributed by atoms with E-state index in [0.29, 0.717) is 11.4 Å². The summed E-state index contributed by atoms with van der Waals surface area (Å²) in [5, 5.41) is 2.57. The van der Waals surface area contributed by atoms with Crippen molar-refractivity contribution in [2.75, 3.05) is 5.73 Å². The predicted molar refractivity (Wildman–Crippen MR) is 78.8 cm³/mol. The molecule has 7 heteroatoms. The second kappa shape index (κ2) is 6.66. The highest BCUT2D eigenvalue weighted by Gasteiger charge is 2.26. The molecule has 2 amide bonds. The second-order valence-electron chi connectivity index (χ2n) is 4.70. The number of aromatic nitrogens is 1. The summed E-state index contributed by atoms with van der Waals surface area (Å²) in [7, 11) is 0. The van der Waals surface area contributed by atoms with Crippen LogP contribution in [0.5, 0.6) is 0 Å². The Balaban J connectivity index is 2.10. The number of anilines is 1. The number of carbonyl (C=O) groups excluding carboxylic acids is 2. The van der Waals surface area contributed by atoms with Crippen molar-refractivity contribution in [2.45, 2.75) is 12.5 Å². The lowest BCUT2D eigenvalue weighted by molar-refractivity contribution is -0.130. The molecule has 0 saturated heterocycles. The minimum Gasteiger partial charge on any atom is -0.384 e. The lowest BCUT2D eigenvalue weighted by atomic mass is 9.97. The van der Waals surface area contributed by atoms with Crippen LogP contribution in [-0.2, 0) is 16.1 Å². The first kappa shape index (κ1) is 15.4. The summed E-state index contributed by atoms with van der Waals surface area (Å²) in [6.07, 6.45) is 1.51. The molecule has 22 heavy (non-hydrogen) atoms. The Labute approximate surface area is 126 Å². The molecule has 0 aliphatic carbocycles. The fraction of sp³-hybridized carbons (Fsp3) is 0.133. The van der Waals surface area contributed by atoms with Crippen LogP contribution >= 0.6 is 0 Å². The molecule has 0 aliphatic rings. The number of halogens is 1. The van der Waals surface area contributed by atoms with Gasteiger partial charge in [-0.15, -0.1) is 0 Å². The Morgan fingerprint density at radius 2 is 2.05 bits per heavy atom. The molecule has 1 aromatic carbocycles. The van der Waals surface area contributed by atoms with Gasteiger partial charge in [-0.1, -0.05) is 18.2 Å². The number of carbonyl (C=O) groups is 2. The van der Waals surface area contributed by atoms with Crippen LogP contribution < -0.4 is 16.8 Å². The van der Waals surface area contributed by atoms with E-state index in [4.69, 9.17) is 11.5 Å². The molecule has 2 rings (SSSR count). The summed E-state index contributed by atoms with van der Waals surface area (Å²) in [5.74, 6) is -2.88. The number of benzene rings is 1. The number of nitrogen functional groups attached to an aromatic ring is 1. The molecule has 0 bridgehead atoms. The highest BCUT2D eigenvalue weighted by molar-refractivity contribution is 6.05. The largest absolute Gasteiger partial charge is 0.384 e. The van der Waals surface area contributed by atoms with Crippen LogP contribution in [0.1, 0.15) is 17.0 Å². The Kier molecular flexibility index (Phi) is 4.67. The van der Waals surface area contributed by atoms with Gasteiger partial charge in [0.25, 0.3) is 0 Å². The molecule has 0 saturated carbocycles. The van der Waals surface area contributed by atoms with Crippen molar-refractivity contribution in [1.82, 2.24) is 10.3 Å². The molecule has 5 N–H and O–H groups in total. The zero-order chi connectivity index (χ0) is 16.1. The van der Waals surface area contributed by atoms with Crippen LogP contribution in [0.15, 0.2) is 42.6 Å². The average Bonchev–Trinajstić information content (AvgIpc) is 2.46. The number of nitrogens with zero attached hydrogens (tertiary/aromatic N) is 1. The minimum absolute atomic E-state index is 0.158. The normalized spacial score (nSPS) is 11.7. The number of nitrogens with two attached hydrogens (primary N) is 2. The van der Waals surface area contributed by atoms with Gasteiger partial charge >= 0.3 is 0 Å². The van der Waals surface area contributed by atoms with E-state index in [1.54, 1.807) is 12.1 Å². The Morgan fingerprint density at radius 1 is 1.27 bits per heavy atom. The number of pyridine rings is 1. The second-order valence-corrected chi connectivity index (χ2v) is 4.70. The average molecular weight is 302 g/mol. The third-order valence-electron chi connectivity index (χ3n) is 3.04. The molecule has 6 nitrogen and oxygen atoms in total. The molecule has 1 aromatic heterocycles. The van der Waals surface area contributed by atoms with Crippen molar-refractivity contribution < 1.29 is 14.0 Å². The van der Waals surface area contributed by atoms with Crippen molar-refractivity contribution in [3.8, 4) is 0 Å². The first-order valence-corrected chi connectivity index (χ1v) is 6.50. The smallest absolute Gasteiger partial charge is 0.237 e. The summed E-state index contributed by atoms with van der Waals surface area (Å²) >= 11 is 0. The molecule has 0 radical (unpaired) electrons. The Bertz CT molecular complexity index is 688. The van der Waals surface area contributed by atoms with Gasteiger partial charge in [-0.05, 0) is 29.3 Å². The molecule has 1 heterocycles. The number of primary amides is 1. The Hall–Kier alpha value is -2.96. The summed E-state index contributed by atoms with van der Waals surface area (Å²) in [5.41, 5.74) is 11.6. The van der Waals surface area contributed by atoms with E-state index in [1.165, 1.54) is 24.4 Å². The van der Waals surface area contributed by atoms with Crippen LogP contribution in [0.3, 0.4) is 0 Å². The summed E-state index contributed by atoms with van der Waals surface area (Å²) in [6, 6.07) is 8.52.